The summed E-state index contributed by atoms with van der Waals surface area (Å²) in [6.07, 6.45) is 16.4. The van der Waals surface area contributed by atoms with E-state index in [4.69, 9.17) is 9.72 Å². The van der Waals surface area contributed by atoms with Gasteiger partial charge in [0.25, 0.3) is 0 Å². The number of pyridine rings is 2. The van der Waals surface area contributed by atoms with Gasteiger partial charge in [-0.25, -0.2) is 4.98 Å². The molecule has 296 valence electrons. The quantitative estimate of drug-likeness (QED) is 0.129. The van der Waals surface area contributed by atoms with Gasteiger partial charge in [0.05, 0.1) is 36.7 Å². The lowest BCUT2D eigenvalue weighted by atomic mass is 9.81. The van der Waals surface area contributed by atoms with E-state index >= 15 is 0 Å². The van der Waals surface area contributed by atoms with Crippen LogP contribution in [0.1, 0.15) is 95.1 Å². The van der Waals surface area contributed by atoms with Crippen LogP contribution in [-0.2, 0) is 27.2 Å². The Morgan fingerprint density at radius 3 is 2.45 bits per heavy atom. The van der Waals surface area contributed by atoms with Gasteiger partial charge in [0.1, 0.15) is 11.7 Å². The van der Waals surface area contributed by atoms with Gasteiger partial charge >= 0.3 is 0 Å². The van der Waals surface area contributed by atoms with Gasteiger partial charge in [-0.1, -0.05) is 65.4 Å². The summed E-state index contributed by atoms with van der Waals surface area (Å²) in [4.78, 5) is 44.3. The topological polar surface area (TPSA) is 160 Å². The molecule has 0 aromatic carbocycles. The Morgan fingerprint density at radius 1 is 1.00 bits per heavy atom. The van der Waals surface area contributed by atoms with Gasteiger partial charge < -0.3 is 20.5 Å². The third-order valence-corrected chi connectivity index (χ3v) is 11.3. The van der Waals surface area contributed by atoms with Gasteiger partial charge in [-0.3, -0.25) is 28.9 Å². The van der Waals surface area contributed by atoms with Crippen LogP contribution in [-0.4, -0.2) is 103 Å². The summed E-state index contributed by atoms with van der Waals surface area (Å²) in [5.41, 5.74) is 3.88. The third kappa shape index (κ3) is 10.9. The molecule has 1 saturated carbocycles. The lowest BCUT2D eigenvalue weighted by Crippen LogP contribution is -2.49. The maximum atomic E-state index is 14.8. The smallest absolute Gasteiger partial charge is 0.231 e. The zero-order valence-corrected chi connectivity index (χ0v) is 32.8. The Labute approximate surface area is 325 Å². The van der Waals surface area contributed by atoms with Crippen LogP contribution in [0.2, 0.25) is 0 Å². The van der Waals surface area contributed by atoms with Crippen LogP contribution in [0.5, 0.6) is 0 Å². The first-order chi connectivity index (χ1) is 26.8. The molecule has 2 amide bonds. The number of hydrogen-bond acceptors (Lipinski definition) is 10. The van der Waals surface area contributed by atoms with E-state index in [9.17, 15) is 14.7 Å². The van der Waals surface area contributed by atoms with Crippen LogP contribution in [0, 0.1) is 17.8 Å². The minimum atomic E-state index is -0.921. The van der Waals surface area contributed by atoms with Crippen molar-refractivity contribution < 1.29 is 19.4 Å². The molecule has 1 aliphatic carbocycles. The van der Waals surface area contributed by atoms with Gasteiger partial charge in [0, 0.05) is 68.6 Å². The molecule has 0 spiro atoms. The van der Waals surface area contributed by atoms with Crippen molar-refractivity contribution in [3.05, 3.63) is 72.3 Å². The molecule has 6 rings (SSSR count). The number of amides is 2. The molecule has 5 heterocycles. The van der Waals surface area contributed by atoms with Crippen LogP contribution in [0.4, 0.5) is 0 Å². The Kier molecular flexibility index (Phi) is 14.7. The molecule has 4 unspecified atom stereocenters. The highest BCUT2D eigenvalue weighted by Gasteiger charge is 2.35. The number of fused-ring (bicyclic) bond motifs is 1. The SMILES string of the molecule is CCCc1nc(-c2cccnc2)cn2c(C(Cc3cccnc3)C(=O)NC(CC3CCCCC3)C(O)CC(C(=O)NCCN3CCOCC3)C(C)C)nnc12. The molecule has 1 saturated heterocycles. The molecule has 55 heavy (non-hydrogen) atoms. The van der Waals surface area contributed by atoms with Crippen molar-refractivity contribution in [3.8, 4) is 11.3 Å². The zero-order chi connectivity index (χ0) is 38.6. The minimum absolute atomic E-state index is 0.00434. The summed E-state index contributed by atoms with van der Waals surface area (Å²) in [6.45, 7) is 10.6. The molecule has 4 aromatic rings. The Balaban J connectivity index is 1.28. The van der Waals surface area contributed by atoms with Crippen molar-refractivity contribution >= 4 is 17.5 Å². The zero-order valence-electron chi connectivity index (χ0n) is 32.8. The van der Waals surface area contributed by atoms with Crippen molar-refractivity contribution in [2.75, 3.05) is 39.4 Å². The van der Waals surface area contributed by atoms with Gasteiger partial charge in [0.15, 0.2) is 5.65 Å². The molecular weight excluding hydrogens is 695 g/mol. The van der Waals surface area contributed by atoms with Crippen molar-refractivity contribution in [2.24, 2.45) is 17.8 Å². The molecule has 0 bridgehead atoms. The first kappa shape index (κ1) is 40.3. The predicted molar refractivity (Wildman–Crippen MR) is 211 cm³/mol. The van der Waals surface area contributed by atoms with Gasteiger partial charge in [-0.2, -0.15) is 0 Å². The number of aliphatic hydroxyl groups excluding tert-OH is 1. The van der Waals surface area contributed by atoms with Gasteiger partial charge in [-0.05, 0) is 61.3 Å². The van der Waals surface area contributed by atoms with Crippen LogP contribution in [0.15, 0.2) is 55.2 Å². The number of aryl methyl sites for hydroxylation is 1. The third-order valence-electron chi connectivity index (χ3n) is 11.3. The highest BCUT2D eigenvalue weighted by atomic mass is 16.5. The molecule has 0 radical (unpaired) electrons. The van der Waals surface area contributed by atoms with Crippen molar-refractivity contribution in [1.82, 2.24) is 45.1 Å². The summed E-state index contributed by atoms with van der Waals surface area (Å²) in [7, 11) is 0. The number of carbonyl (C=O) groups is 2. The Hall–Kier alpha value is -4.33. The maximum absolute atomic E-state index is 14.8. The summed E-state index contributed by atoms with van der Waals surface area (Å²) in [5, 5.41) is 27.8. The first-order valence-electron chi connectivity index (χ1n) is 20.4. The second kappa shape index (κ2) is 20.0. The number of nitrogens with zero attached hydrogens (tertiary/aromatic N) is 7. The largest absolute Gasteiger partial charge is 0.391 e. The first-order valence-corrected chi connectivity index (χ1v) is 20.4. The van der Waals surface area contributed by atoms with E-state index in [1.165, 1.54) is 6.42 Å². The van der Waals surface area contributed by atoms with Gasteiger partial charge in [0.2, 0.25) is 11.8 Å². The Morgan fingerprint density at radius 2 is 1.76 bits per heavy atom. The van der Waals surface area contributed by atoms with E-state index in [1.54, 1.807) is 24.8 Å². The number of rotatable bonds is 18. The number of morpholine rings is 1. The van der Waals surface area contributed by atoms with E-state index in [0.717, 1.165) is 74.3 Å². The van der Waals surface area contributed by atoms with E-state index in [0.29, 0.717) is 56.4 Å². The standard InChI is InChI=1S/C42H59N9O4/c1-4-10-35-40-49-48-39(51(40)28-37(46-35)32-14-9-16-44-27-32)34(23-31-13-8-15-43-26-31)42(54)47-36(24-30-11-6-5-7-12-30)38(52)25-33(29(2)3)41(53)45-17-18-50-19-21-55-22-20-50/h8-9,13-16,26-30,33-34,36,38,52H,4-7,10-12,17-25H2,1-3H3,(H,45,53)(H,47,54). The molecule has 1 aliphatic heterocycles. The lowest BCUT2D eigenvalue weighted by Gasteiger charge is -2.33. The molecular formula is C42H59N9O4. The highest BCUT2D eigenvalue weighted by molar-refractivity contribution is 5.84. The molecule has 13 heteroatoms. The van der Waals surface area contributed by atoms with Gasteiger partial charge in [-0.15, -0.1) is 10.2 Å². The van der Waals surface area contributed by atoms with Crippen LogP contribution < -0.4 is 10.6 Å². The number of aromatic nitrogens is 6. The maximum Gasteiger partial charge on any atom is 0.231 e. The molecule has 2 fully saturated rings. The normalized spacial score (nSPS) is 17.8. The summed E-state index contributed by atoms with van der Waals surface area (Å²) >= 11 is 0. The number of hydrogen-bond donors (Lipinski definition) is 3. The fourth-order valence-corrected chi connectivity index (χ4v) is 8.10. The number of carbonyl (C=O) groups excluding carboxylic acids is 2. The lowest BCUT2D eigenvalue weighted by molar-refractivity contribution is -0.128. The molecule has 4 atom stereocenters. The minimum Gasteiger partial charge on any atom is -0.391 e. The fraction of sp³-hybridized carbons (Fsp3) is 0.595. The number of ether oxygens (including phenoxy) is 1. The fourth-order valence-electron chi connectivity index (χ4n) is 8.10. The molecule has 3 N–H and O–H groups in total. The molecule has 4 aromatic heterocycles. The van der Waals surface area contributed by atoms with Crippen LogP contribution in [0.25, 0.3) is 16.9 Å². The average Bonchev–Trinajstić information content (AvgIpc) is 3.64. The summed E-state index contributed by atoms with van der Waals surface area (Å²) in [5.74, 6) is -0.586. The monoisotopic (exact) mass is 753 g/mol. The van der Waals surface area contributed by atoms with E-state index in [-0.39, 0.29) is 24.2 Å². The second-order valence-electron chi connectivity index (χ2n) is 15.7. The van der Waals surface area contributed by atoms with Crippen LogP contribution >= 0.6 is 0 Å². The Bertz CT molecular complexity index is 1790. The van der Waals surface area contributed by atoms with E-state index in [1.807, 2.05) is 48.7 Å². The average molecular weight is 754 g/mol. The summed E-state index contributed by atoms with van der Waals surface area (Å²) < 4.78 is 7.37. The molecule has 13 nitrogen and oxygen atoms in total. The number of aliphatic hydroxyl groups is 1. The second-order valence-corrected chi connectivity index (χ2v) is 15.7. The summed E-state index contributed by atoms with van der Waals surface area (Å²) in [6, 6.07) is 7.12. The van der Waals surface area contributed by atoms with Crippen molar-refractivity contribution in [3.63, 3.8) is 0 Å². The van der Waals surface area contributed by atoms with Crippen molar-refractivity contribution in [1.29, 1.82) is 0 Å². The highest BCUT2D eigenvalue weighted by Crippen LogP contribution is 2.31. The van der Waals surface area contributed by atoms with E-state index in [2.05, 4.69) is 42.6 Å². The van der Waals surface area contributed by atoms with E-state index < -0.39 is 24.0 Å². The van der Waals surface area contributed by atoms with Crippen LogP contribution in [0.3, 0.4) is 0 Å². The predicted octanol–water partition coefficient (Wildman–Crippen LogP) is 4.79. The molecule has 2 aliphatic rings. The number of nitrogens with one attached hydrogen (secondary N) is 2. The van der Waals surface area contributed by atoms with Crippen molar-refractivity contribution in [2.45, 2.75) is 103 Å².